The van der Waals surface area contributed by atoms with Gasteiger partial charge in [0.15, 0.2) is 0 Å². The van der Waals surface area contributed by atoms with Gasteiger partial charge in [-0.25, -0.2) is 12.8 Å². The van der Waals surface area contributed by atoms with E-state index >= 15 is 0 Å². The SMILES string of the molecule is CC1CCN(S(=O)(=O)c2ccc(F)cc2Cl)CC1O. The van der Waals surface area contributed by atoms with E-state index in [1.54, 1.807) is 0 Å². The van der Waals surface area contributed by atoms with Crippen molar-refractivity contribution < 1.29 is 17.9 Å². The van der Waals surface area contributed by atoms with Gasteiger partial charge < -0.3 is 5.11 Å². The van der Waals surface area contributed by atoms with Crippen LogP contribution in [0.3, 0.4) is 0 Å². The number of benzene rings is 1. The second kappa shape index (κ2) is 5.36. The third kappa shape index (κ3) is 2.91. The van der Waals surface area contributed by atoms with Gasteiger partial charge >= 0.3 is 0 Å². The normalized spacial score (nSPS) is 25.5. The zero-order chi connectivity index (χ0) is 14.2. The van der Waals surface area contributed by atoms with Crippen molar-refractivity contribution in [2.45, 2.75) is 24.3 Å². The lowest BCUT2D eigenvalue weighted by Gasteiger charge is -2.33. The molecule has 1 fully saturated rings. The summed E-state index contributed by atoms with van der Waals surface area (Å²) in [5, 5.41) is 9.63. The Morgan fingerprint density at radius 1 is 1.47 bits per heavy atom. The molecule has 19 heavy (non-hydrogen) atoms. The molecular weight excluding hydrogens is 293 g/mol. The van der Waals surface area contributed by atoms with Crippen molar-refractivity contribution >= 4 is 21.6 Å². The molecule has 1 aliphatic heterocycles. The molecule has 0 bridgehead atoms. The van der Waals surface area contributed by atoms with Crippen LogP contribution in [0.4, 0.5) is 4.39 Å². The number of β-amino-alcohol motifs (C(OH)–C–C–N with tert-alkyl or cyclic N) is 1. The van der Waals surface area contributed by atoms with E-state index < -0.39 is 21.9 Å². The molecule has 1 heterocycles. The van der Waals surface area contributed by atoms with Crippen molar-refractivity contribution in [3.8, 4) is 0 Å². The maximum atomic E-state index is 13.0. The third-order valence-corrected chi connectivity index (χ3v) is 5.74. The maximum Gasteiger partial charge on any atom is 0.244 e. The molecule has 1 saturated heterocycles. The van der Waals surface area contributed by atoms with Crippen LogP contribution in [-0.4, -0.2) is 37.0 Å². The van der Waals surface area contributed by atoms with E-state index in [1.165, 1.54) is 4.31 Å². The second-order valence-corrected chi connectivity index (χ2v) is 7.08. The monoisotopic (exact) mass is 307 g/mol. The first kappa shape index (κ1) is 14.7. The van der Waals surface area contributed by atoms with Crippen LogP contribution in [0, 0.1) is 11.7 Å². The van der Waals surface area contributed by atoms with E-state index in [9.17, 15) is 17.9 Å². The Morgan fingerprint density at radius 2 is 2.16 bits per heavy atom. The lowest BCUT2D eigenvalue weighted by Crippen LogP contribution is -2.45. The summed E-state index contributed by atoms with van der Waals surface area (Å²) in [7, 11) is -3.79. The van der Waals surface area contributed by atoms with Gasteiger partial charge in [0.1, 0.15) is 10.7 Å². The summed E-state index contributed by atoms with van der Waals surface area (Å²) in [5.74, 6) is -0.522. The standard InChI is InChI=1S/C12H15ClFNO3S/c1-8-4-5-15(7-11(8)16)19(17,18)12-3-2-9(14)6-10(12)13/h2-3,6,8,11,16H,4-5,7H2,1H3. The quantitative estimate of drug-likeness (QED) is 0.907. The van der Waals surface area contributed by atoms with Crippen LogP contribution in [0.2, 0.25) is 5.02 Å². The van der Waals surface area contributed by atoms with Crippen LogP contribution in [0.5, 0.6) is 0 Å². The van der Waals surface area contributed by atoms with Crippen molar-refractivity contribution in [1.29, 1.82) is 0 Å². The van der Waals surface area contributed by atoms with Gasteiger partial charge in [-0.2, -0.15) is 4.31 Å². The highest BCUT2D eigenvalue weighted by Gasteiger charge is 2.33. The number of hydrogen-bond donors (Lipinski definition) is 1. The molecule has 1 aromatic rings. The maximum absolute atomic E-state index is 13.0. The number of aliphatic hydroxyl groups excluding tert-OH is 1. The van der Waals surface area contributed by atoms with Gasteiger partial charge in [-0.1, -0.05) is 18.5 Å². The molecule has 2 unspecified atom stereocenters. The van der Waals surface area contributed by atoms with Crippen molar-refractivity contribution in [3.63, 3.8) is 0 Å². The van der Waals surface area contributed by atoms with Crippen LogP contribution >= 0.6 is 11.6 Å². The van der Waals surface area contributed by atoms with Crippen LogP contribution in [-0.2, 0) is 10.0 Å². The highest BCUT2D eigenvalue weighted by molar-refractivity contribution is 7.89. The molecule has 106 valence electrons. The van der Waals surface area contributed by atoms with E-state index in [1.807, 2.05) is 6.92 Å². The molecule has 2 rings (SSSR count). The van der Waals surface area contributed by atoms with Crippen LogP contribution in [0.25, 0.3) is 0 Å². The summed E-state index contributed by atoms with van der Waals surface area (Å²) in [6.07, 6.45) is -0.109. The molecule has 0 radical (unpaired) electrons. The number of nitrogens with zero attached hydrogens (tertiary/aromatic N) is 1. The number of hydrogen-bond acceptors (Lipinski definition) is 3. The van der Waals surface area contributed by atoms with Gasteiger partial charge in [0, 0.05) is 13.1 Å². The molecule has 0 saturated carbocycles. The first-order chi connectivity index (χ1) is 8.82. The largest absolute Gasteiger partial charge is 0.391 e. The van der Waals surface area contributed by atoms with Gasteiger partial charge in [0.25, 0.3) is 0 Å². The molecule has 4 nitrogen and oxygen atoms in total. The Labute approximate surface area is 116 Å². The first-order valence-electron chi connectivity index (χ1n) is 5.95. The number of halogens is 2. The van der Waals surface area contributed by atoms with E-state index in [-0.39, 0.29) is 22.4 Å². The molecule has 0 spiro atoms. The lowest BCUT2D eigenvalue weighted by molar-refractivity contribution is 0.0605. The molecule has 0 aliphatic carbocycles. The number of aliphatic hydroxyl groups is 1. The smallest absolute Gasteiger partial charge is 0.244 e. The number of sulfonamides is 1. The van der Waals surface area contributed by atoms with Crippen molar-refractivity contribution in [3.05, 3.63) is 29.0 Å². The highest BCUT2D eigenvalue weighted by atomic mass is 35.5. The fourth-order valence-electron chi connectivity index (χ4n) is 2.06. The summed E-state index contributed by atoms with van der Waals surface area (Å²) in [4.78, 5) is -0.127. The molecule has 1 N–H and O–H groups in total. The zero-order valence-corrected chi connectivity index (χ0v) is 12.0. The Morgan fingerprint density at radius 3 is 2.74 bits per heavy atom. The fraction of sp³-hybridized carbons (Fsp3) is 0.500. The molecule has 2 atom stereocenters. The average Bonchev–Trinajstić information content (AvgIpc) is 2.32. The Bertz CT molecular complexity index is 578. The molecule has 1 aliphatic rings. The van der Waals surface area contributed by atoms with E-state index in [0.29, 0.717) is 13.0 Å². The lowest BCUT2D eigenvalue weighted by atomic mass is 9.98. The van der Waals surface area contributed by atoms with Crippen LogP contribution in [0.15, 0.2) is 23.1 Å². The van der Waals surface area contributed by atoms with Crippen molar-refractivity contribution in [1.82, 2.24) is 4.31 Å². The third-order valence-electron chi connectivity index (χ3n) is 3.39. The first-order valence-corrected chi connectivity index (χ1v) is 7.77. The van der Waals surface area contributed by atoms with Gasteiger partial charge in [0.2, 0.25) is 10.0 Å². The molecule has 0 amide bonds. The van der Waals surface area contributed by atoms with Gasteiger partial charge in [0.05, 0.1) is 11.1 Å². The molecular formula is C12H15ClFNO3S. The summed E-state index contributed by atoms with van der Waals surface area (Å²) in [5.41, 5.74) is 0. The predicted molar refractivity (Wildman–Crippen MR) is 70.0 cm³/mol. The van der Waals surface area contributed by atoms with Gasteiger partial charge in [-0.3, -0.25) is 0 Å². The number of rotatable bonds is 2. The van der Waals surface area contributed by atoms with Crippen molar-refractivity contribution in [2.75, 3.05) is 13.1 Å². The molecule has 7 heteroatoms. The zero-order valence-electron chi connectivity index (χ0n) is 10.4. The van der Waals surface area contributed by atoms with E-state index in [0.717, 1.165) is 18.2 Å². The van der Waals surface area contributed by atoms with Gasteiger partial charge in [-0.15, -0.1) is 0 Å². The average molecular weight is 308 g/mol. The van der Waals surface area contributed by atoms with Crippen LogP contribution in [0.1, 0.15) is 13.3 Å². The summed E-state index contributed by atoms with van der Waals surface area (Å²) in [6, 6.07) is 3.18. The minimum atomic E-state index is -3.79. The summed E-state index contributed by atoms with van der Waals surface area (Å²) in [6.45, 7) is 2.24. The fourth-order valence-corrected chi connectivity index (χ4v) is 4.04. The second-order valence-electron chi connectivity index (χ2n) is 4.77. The van der Waals surface area contributed by atoms with E-state index in [2.05, 4.69) is 0 Å². The van der Waals surface area contributed by atoms with Crippen LogP contribution < -0.4 is 0 Å². The minimum Gasteiger partial charge on any atom is -0.391 e. The Balaban J connectivity index is 2.32. The summed E-state index contributed by atoms with van der Waals surface area (Å²) < 4.78 is 38.9. The number of piperidine rings is 1. The predicted octanol–water partition coefficient (Wildman–Crippen LogP) is 1.87. The molecule has 0 aromatic heterocycles. The minimum absolute atomic E-state index is 0.0389. The molecule has 1 aromatic carbocycles. The highest BCUT2D eigenvalue weighted by Crippen LogP contribution is 2.28. The van der Waals surface area contributed by atoms with E-state index in [4.69, 9.17) is 11.6 Å². The Hall–Kier alpha value is -0.690. The van der Waals surface area contributed by atoms with Crippen molar-refractivity contribution in [2.24, 2.45) is 5.92 Å². The summed E-state index contributed by atoms with van der Waals surface area (Å²) >= 11 is 5.79. The Kier molecular flexibility index (Phi) is 4.15. The topological polar surface area (TPSA) is 57.6 Å². The van der Waals surface area contributed by atoms with Gasteiger partial charge in [-0.05, 0) is 30.5 Å².